The summed E-state index contributed by atoms with van der Waals surface area (Å²) in [7, 11) is -1.26. The largest absolute Gasteiger partial charge is 0.370 e. The molecule has 1 aromatic rings. The Hall–Kier alpha value is -0.550. The summed E-state index contributed by atoms with van der Waals surface area (Å²) in [6, 6.07) is 7.39. The maximum atomic E-state index is 12.0. The van der Waals surface area contributed by atoms with Crippen LogP contribution < -0.4 is 4.90 Å². The molecule has 0 amide bonds. The second-order valence-electron chi connectivity index (χ2n) is 3.99. The normalized spacial score (nSPS) is 13.4. The van der Waals surface area contributed by atoms with Crippen LogP contribution in [0.15, 0.2) is 29.2 Å². The molecule has 96 valence electrons. The summed E-state index contributed by atoms with van der Waals surface area (Å²) in [5.74, 6) is 0.126. The molecule has 0 N–H and O–H groups in total. The molecular weight excluding hydrogens is 302 g/mol. The minimum absolute atomic E-state index is 0.126. The van der Waals surface area contributed by atoms with Gasteiger partial charge in [-0.3, -0.25) is 0 Å². The zero-order valence-corrected chi connectivity index (χ0v) is 12.8. The van der Waals surface area contributed by atoms with E-state index in [-0.39, 0.29) is 11.8 Å². The topological polar surface area (TPSA) is 37.4 Å². The molecule has 0 aliphatic heterocycles. The lowest BCUT2D eigenvalue weighted by Gasteiger charge is -2.27. The first-order valence-electron chi connectivity index (χ1n) is 5.54. The van der Waals surface area contributed by atoms with Crippen molar-refractivity contribution in [3.8, 4) is 0 Å². The predicted octanol–water partition coefficient (Wildman–Crippen LogP) is 2.70. The fourth-order valence-corrected chi connectivity index (χ4v) is 3.07. The molecule has 3 nitrogen and oxygen atoms in total. The molecule has 0 spiro atoms. The van der Waals surface area contributed by atoms with E-state index in [1.54, 1.807) is 19.1 Å². The van der Waals surface area contributed by atoms with Crippen LogP contribution in [-0.2, 0) is 9.84 Å². The third-order valence-corrected chi connectivity index (χ3v) is 5.56. The van der Waals surface area contributed by atoms with Gasteiger partial charge in [-0.15, -0.1) is 0 Å². The van der Waals surface area contributed by atoms with Crippen molar-refractivity contribution in [3.63, 3.8) is 0 Å². The highest BCUT2D eigenvalue weighted by atomic mass is 79.9. The van der Waals surface area contributed by atoms with Gasteiger partial charge in [0.05, 0.1) is 16.3 Å². The fraction of sp³-hybridized carbons (Fsp3) is 0.500. The van der Waals surface area contributed by atoms with Crippen molar-refractivity contribution >= 4 is 31.5 Å². The van der Waals surface area contributed by atoms with E-state index in [9.17, 15) is 8.42 Å². The Labute approximate surface area is 112 Å². The molecule has 1 atom stereocenters. The first kappa shape index (κ1) is 14.5. The summed E-state index contributed by atoms with van der Waals surface area (Å²) in [5.41, 5.74) is 0.765. The van der Waals surface area contributed by atoms with E-state index in [1.807, 2.05) is 31.0 Å². The van der Waals surface area contributed by atoms with Gasteiger partial charge >= 0.3 is 0 Å². The average molecular weight is 320 g/mol. The first-order chi connectivity index (χ1) is 7.94. The first-order valence-corrected chi connectivity index (χ1v) is 8.32. The molecule has 0 aromatic heterocycles. The summed E-state index contributed by atoms with van der Waals surface area (Å²) in [6.45, 7) is 3.71. The van der Waals surface area contributed by atoms with Crippen LogP contribution in [0.25, 0.3) is 0 Å². The fourth-order valence-electron chi connectivity index (χ4n) is 1.51. The Kier molecular flexibility index (Phi) is 5.01. The van der Waals surface area contributed by atoms with Crippen LogP contribution in [0.1, 0.15) is 13.8 Å². The number of rotatable bonds is 5. The van der Waals surface area contributed by atoms with Gasteiger partial charge in [-0.25, -0.2) is 8.42 Å². The van der Waals surface area contributed by atoms with Gasteiger partial charge in [0.25, 0.3) is 0 Å². The van der Waals surface area contributed by atoms with Crippen LogP contribution in [0.3, 0.4) is 0 Å². The quantitative estimate of drug-likeness (QED) is 0.783. The van der Waals surface area contributed by atoms with E-state index < -0.39 is 9.84 Å². The number of alkyl halides is 1. The van der Waals surface area contributed by atoms with E-state index in [4.69, 9.17) is 0 Å². The number of benzene rings is 1. The zero-order valence-electron chi connectivity index (χ0n) is 10.4. The predicted molar refractivity (Wildman–Crippen MR) is 75.8 cm³/mol. The highest BCUT2D eigenvalue weighted by Gasteiger charge is 2.20. The lowest BCUT2D eigenvalue weighted by molar-refractivity contribution is 0.596. The van der Waals surface area contributed by atoms with Crippen molar-refractivity contribution in [1.29, 1.82) is 0 Å². The number of para-hydroxylation sites is 1. The number of sulfone groups is 1. The van der Waals surface area contributed by atoms with Crippen molar-refractivity contribution in [2.75, 3.05) is 23.0 Å². The van der Waals surface area contributed by atoms with E-state index in [0.29, 0.717) is 4.90 Å². The van der Waals surface area contributed by atoms with Crippen LogP contribution in [0.4, 0.5) is 5.69 Å². The number of nitrogens with zero attached hydrogens (tertiary/aromatic N) is 1. The van der Waals surface area contributed by atoms with Crippen molar-refractivity contribution in [2.24, 2.45) is 0 Å². The highest BCUT2D eigenvalue weighted by molar-refractivity contribution is 9.09. The standard InChI is InChI=1S/C12H18BrNO2S/c1-4-17(15,16)12-8-6-5-7-11(12)14(3)10(2)9-13/h5-8,10H,4,9H2,1-3H3. The van der Waals surface area contributed by atoms with Gasteiger partial charge in [-0.1, -0.05) is 35.0 Å². The minimum atomic E-state index is -3.17. The zero-order chi connectivity index (χ0) is 13.1. The second-order valence-corrected chi connectivity index (χ2v) is 6.88. The number of hydrogen-bond donors (Lipinski definition) is 0. The second kappa shape index (κ2) is 5.87. The third kappa shape index (κ3) is 3.22. The SMILES string of the molecule is CCS(=O)(=O)c1ccccc1N(C)C(C)CBr. The molecule has 0 saturated carbocycles. The summed E-state index contributed by atoms with van der Waals surface area (Å²) < 4.78 is 24.0. The minimum Gasteiger partial charge on any atom is -0.370 e. The van der Waals surface area contributed by atoms with E-state index in [1.165, 1.54) is 0 Å². The summed E-state index contributed by atoms with van der Waals surface area (Å²) >= 11 is 3.41. The van der Waals surface area contributed by atoms with Crippen LogP contribution in [0.2, 0.25) is 0 Å². The van der Waals surface area contributed by atoms with Crippen molar-refractivity contribution < 1.29 is 8.42 Å². The molecule has 0 fully saturated rings. The van der Waals surface area contributed by atoms with Gasteiger partial charge in [0, 0.05) is 18.4 Å². The molecule has 0 bridgehead atoms. The van der Waals surface area contributed by atoms with Crippen LogP contribution in [-0.4, -0.2) is 32.6 Å². The smallest absolute Gasteiger partial charge is 0.180 e. The van der Waals surface area contributed by atoms with Crippen molar-refractivity contribution in [1.82, 2.24) is 0 Å². The van der Waals surface area contributed by atoms with Crippen molar-refractivity contribution in [2.45, 2.75) is 24.8 Å². The van der Waals surface area contributed by atoms with Gasteiger partial charge < -0.3 is 4.90 Å². The molecule has 0 aliphatic carbocycles. The molecule has 1 rings (SSSR count). The number of anilines is 1. The molecule has 0 heterocycles. The van der Waals surface area contributed by atoms with Gasteiger partial charge in [-0.05, 0) is 19.1 Å². The molecule has 0 aliphatic rings. The third-order valence-electron chi connectivity index (χ3n) is 2.84. The summed E-state index contributed by atoms with van der Waals surface area (Å²) in [5, 5.41) is 0.796. The van der Waals surface area contributed by atoms with Crippen LogP contribution in [0.5, 0.6) is 0 Å². The van der Waals surface area contributed by atoms with Crippen LogP contribution in [0, 0.1) is 0 Å². The molecule has 1 aromatic carbocycles. The Morgan fingerprint density at radius 1 is 1.35 bits per heavy atom. The molecule has 0 saturated heterocycles. The Morgan fingerprint density at radius 2 is 1.94 bits per heavy atom. The van der Waals surface area contributed by atoms with Gasteiger partial charge in [0.2, 0.25) is 0 Å². The van der Waals surface area contributed by atoms with E-state index >= 15 is 0 Å². The van der Waals surface area contributed by atoms with Gasteiger partial charge in [0.1, 0.15) is 0 Å². The Balaban J connectivity index is 3.26. The molecule has 0 radical (unpaired) electrons. The highest BCUT2D eigenvalue weighted by Crippen LogP contribution is 2.26. The summed E-state index contributed by atoms with van der Waals surface area (Å²) in [6.07, 6.45) is 0. The number of hydrogen-bond acceptors (Lipinski definition) is 3. The molecule has 17 heavy (non-hydrogen) atoms. The average Bonchev–Trinajstić information content (AvgIpc) is 2.36. The Bertz CT molecular complexity index is 473. The Morgan fingerprint density at radius 3 is 2.47 bits per heavy atom. The van der Waals surface area contributed by atoms with Gasteiger partial charge in [-0.2, -0.15) is 0 Å². The monoisotopic (exact) mass is 319 g/mol. The van der Waals surface area contributed by atoms with Crippen molar-refractivity contribution in [3.05, 3.63) is 24.3 Å². The maximum absolute atomic E-state index is 12.0. The molecular formula is C12H18BrNO2S. The van der Waals surface area contributed by atoms with E-state index in [0.717, 1.165) is 11.0 Å². The van der Waals surface area contributed by atoms with E-state index in [2.05, 4.69) is 15.9 Å². The maximum Gasteiger partial charge on any atom is 0.180 e. The number of halogens is 1. The van der Waals surface area contributed by atoms with Gasteiger partial charge in [0.15, 0.2) is 9.84 Å². The molecule has 5 heteroatoms. The molecule has 1 unspecified atom stereocenters. The summed E-state index contributed by atoms with van der Waals surface area (Å²) in [4.78, 5) is 2.40. The lowest BCUT2D eigenvalue weighted by Crippen LogP contribution is -2.31. The lowest BCUT2D eigenvalue weighted by atomic mass is 10.2. The van der Waals surface area contributed by atoms with Crippen LogP contribution >= 0.6 is 15.9 Å².